The molecule has 0 aliphatic rings. The zero-order valence-electron chi connectivity index (χ0n) is 10.7. The summed E-state index contributed by atoms with van der Waals surface area (Å²) in [5, 5.41) is 0. The summed E-state index contributed by atoms with van der Waals surface area (Å²) in [6, 6.07) is 5.77. The van der Waals surface area contributed by atoms with Gasteiger partial charge in [-0.05, 0) is 17.7 Å². The lowest BCUT2D eigenvalue weighted by atomic mass is 10.2. The standard InChI is InChI=1S/C13H10FN5O2/c14-8-3-1-7(2-4-8)5-19-9(6-20)16-10-11(19)17-13(15)18-12(10)21/h1-4,6H,5H2,(H3,15,17,18,21). The first-order valence-electron chi connectivity index (χ1n) is 6.04. The number of nitrogens with zero attached hydrogens (tertiary/aromatic N) is 3. The third-order valence-corrected chi connectivity index (χ3v) is 3.01. The van der Waals surface area contributed by atoms with E-state index in [-0.39, 0.29) is 35.3 Å². The van der Waals surface area contributed by atoms with Gasteiger partial charge in [-0.25, -0.2) is 9.37 Å². The van der Waals surface area contributed by atoms with Gasteiger partial charge in [-0.2, -0.15) is 4.98 Å². The lowest BCUT2D eigenvalue weighted by molar-refractivity contribution is 0.111. The van der Waals surface area contributed by atoms with Crippen LogP contribution in [0.1, 0.15) is 16.2 Å². The predicted molar refractivity (Wildman–Crippen MR) is 73.5 cm³/mol. The smallest absolute Gasteiger partial charge is 0.280 e. The number of nitrogens with one attached hydrogen (secondary N) is 1. The minimum Gasteiger partial charge on any atom is -0.369 e. The number of hydrogen-bond donors (Lipinski definition) is 2. The molecule has 2 heterocycles. The number of carbonyl (C=O) groups is 1. The average Bonchev–Trinajstić information content (AvgIpc) is 2.80. The second-order valence-corrected chi connectivity index (χ2v) is 4.42. The summed E-state index contributed by atoms with van der Waals surface area (Å²) < 4.78 is 14.4. The van der Waals surface area contributed by atoms with Crippen LogP contribution in [0.2, 0.25) is 0 Å². The van der Waals surface area contributed by atoms with E-state index in [1.54, 1.807) is 12.1 Å². The van der Waals surface area contributed by atoms with Gasteiger partial charge in [0.2, 0.25) is 5.95 Å². The second-order valence-electron chi connectivity index (χ2n) is 4.42. The van der Waals surface area contributed by atoms with Gasteiger partial charge in [0.15, 0.2) is 23.3 Å². The number of fused-ring (bicyclic) bond motifs is 1. The maximum atomic E-state index is 12.9. The number of carbonyl (C=O) groups excluding carboxylic acids is 1. The van der Waals surface area contributed by atoms with Crippen molar-refractivity contribution in [2.45, 2.75) is 6.54 Å². The summed E-state index contributed by atoms with van der Waals surface area (Å²) >= 11 is 0. The quantitative estimate of drug-likeness (QED) is 0.690. The predicted octanol–water partition coefficient (Wildman–Crippen LogP) is 0.702. The van der Waals surface area contributed by atoms with E-state index in [2.05, 4.69) is 15.0 Å². The molecule has 0 atom stereocenters. The number of aromatic nitrogens is 4. The monoisotopic (exact) mass is 287 g/mol. The Labute approximate surface area is 117 Å². The van der Waals surface area contributed by atoms with E-state index in [1.807, 2.05) is 0 Å². The Morgan fingerprint density at radius 1 is 1.29 bits per heavy atom. The number of benzene rings is 1. The van der Waals surface area contributed by atoms with Crippen molar-refractivity contribution >= 4 is 23.4 Å². The Bertz CT molecular complexity index is 882. The number of halogens is 1. The molecule has 0 amide bonds. The molecular formula is C13H10FN5O2. The fourth-order valence-corrected chi connectivity index (χ4v) is 2.06. The van der Waals surface area contributed by atoms with Crippen LogP contribution in [0, 0.1) is 5.82 Å². The molecule has 7 nitrogen and oxygen atoms in total. The molecule has 0 saturated heterocycles. The lowest BCUT2D eigenvalue weighted by Gasteiger charge is -2.06. The molecule has 106 valence electrons. The lowest BCUT2D eigenvalue weighted by Crippen LogP contribution is -2.12. The van der Waals surface area contributed by atoms with Gasteiger partial charge in [0.25, 0.3) is 5.56 Å². The van der Waals surface area contributed by atoms with Gasteiger partial charge >= 0.3 is 0 Å². The molecule has 0 saturated carbocycles. The van der Waals surface area contributed by atoms with Crippen LogP contribution >= 0.6 is 0 Å². The highest BCUT2D eigenvalue weighted by Gasteiger charge is 2.15. The van der Waals surface area contributed by atoms with Gasteiger partial charge in [0.05, 0.1) is 6.54 Å². The molecule has 3 aromatic rings. The average molecular weight is 287 g/mol. The molecule has 0 aliphatic heterocycles. The number of anilines is 1. The van der Waals surface area contributed by atoms with E-state index in [0.717, 1.165) is 5.56 Å². The zero-order valence-corrected chi connectivity index (χ0v) is 10.7. The summed E-state index contributed by atoms with van der Waals surface area (Å²) in [6.45, 7) is 0.223. The molecule has 8 heteroatoms. The first-order chi connectivity index (χ1) is 10.1. The normalized spacial score (nSPS) is 10.9. The van der Waals surface area contributed by atoms with Gasteiger partial charge in [-0.3, -0.25) is 14.6 Å². The number of imidazole rings is 1. The molecule has 21 heavy (non-hydrogen) atoms. The first kappa shape index (κ1) is 13.0. The van der Waals surface area contributed by atoms with Crippen molar-refractivity contribution in [1.82, 2.24) is 19.5 Å². The van der Waals surface area contributed by atoms with E-state index in [4.69, 9.17) is 5.73 Å². The van der Waals surface area contributed by atoms with Gasteiger partial charge < -0.3 is 10.3 Å². The van der Waals surface area contributed by atoms with Crippen LogP contribution in [-0.4, -0.2) is 25.8 Å². The molecule has 0 spiro atoms. The molecule has 0 unspecified atom stereocenters. The van der Waals surface area contributed by atoms with Gasteiger partial charge in [0.1, 0.15) is 5.82 Å². The molecule has 0 bridgehead atoms. The second kappa shape index (κ2) is 4.82. The van der Waals surface area contributed by atoms with Crippen LogP contribution in [0.15, 0.2) is 29.1 Å². The Morgan fingerprint density at radius 2 is 2.00 bits per heavy atom. The van der Waals surface area contributed by atoms with Crippen LogP contribution in [0.5, 0.6) is 0 Å². The summed E-state index contributed by atoms with van der Waals surface area (Å²) in [5.74, 6) is -0.369. The first-order valence-corrected chi connectivity index (χ1v) is 6.04. The largest absolute Gasteiger partial charge is 0.369 e. The summed E-state index contributed by atoms with van der Waals surface area (Å²) in [6.07, 6.45) is 0.529. The number of aromatic amines is 1. The van der Waals surface area contributed by atoms with Crippen molar-refractivity contribution in [3.63, 3.8) is 0 Å². The van der Waals surface area contributed by atoms with Crippen molar-refractivity contribution < 1.29 is 9.18 Å². The number of H-pyrrole nitrogens is 1. The van der Waals surface area contributed by atoms with E-state index < -0.39 is 5.56 Å². The zero-order chi connectivity index (χ0) is 15.0. The molecule has 2 aromatic heterocycles. The van der Waals surface area contributed by atoms with Gasteiger partial charge in [-0.1, -0.05) is 12.1 Å². The third-order valence-electron chi connectivity index (χ3n) is 3.01. The van der Waals surface area contributed by atoms with E-state index >= 15 is 0 Å². The number of aldehydes is 1. The SMILES string of the molecule is Nc1nc2c(nc(C=O)n2Cc2ccc(F)cc2)c(=O)[nH]1. The molecule has 3 N–H and O–H groups in total. The van der Waals surface area contributed by atoms with Crippen LogP contribution in [-0.2, 0) is 6.54 Å². The number of nitrogens with two attached hydrogens (primary N) is 1. The highest BCUT2D eigenvalue weighted by Crippen LogP contribution is 2.13. The molecule has 0 fully saturated rings. The van der Waals surface area contributed by atoms with Crippen LogP contribution in [0.3, 0.4) is 0 Å². The van der Waals surface area contributed by atoms with Crippen molar-refractivity contribution in [1.29, 1.82) is 0 Å². The van der Waals surface area contributed by atoms with Crippen molar-refractivity contribution in [2.24, 2.45) is 0 Å². The topological polar surface area (TPSA) is 107 Å². The highest BCUT2D eigenvalue weighted by molar-refractivity contribution is 5.80. The maximum Gasteiger partial charge on any atom is 0.280 e. The Balaban J connectivity index is 2.18. The number of hydrogen-bond acceptors (Lipinski definition) is 5. The minimum absolute atomic E-state index is 0.0356. The van der Waals surface area contributed by atoms with Gasteiger partial charge in [-0.15, -0.1) is 0 Å². The number of rotatable bonds is 3. The van der Waals surface area contributed by atoms with E-state index in [0.29, 0.717) is 6.29 Å². The molecular weight excluding hydrogens is 277 g/mol. The summed E-state index contributed by atoms with van der Waals surface area (Å²) in [7, 11) is 0. The summed E-state index contributed by atoms with van der Waals surface area (Å²) in [4.78, 5) is 33.2. The molecule has 1 aromatic carbocycles. The fraction of sp³-hybridized carbons (Fsp3) is 0.0769. The fourth-order valence-electron chi connectivity index (χ4n) is 2.06. The van der Waals surface area contributed by atoms with Crippen molar-refractivity contribution in [2.75, 3.05) is 5.73 Å². The minimum atomic E-state index is -0.515. The number of nitrogen functional groups attached to an aromatic ring is 1. The molecule has 0 radical (unpaired) electrons. The summed E-state index contributed by atoms with van der Waals surface area (Å²) in [5.41, 5.74) is 5.98. The molecule has 3 rings (SSSR count). The van der Waals surface area contributed by atoms with Crippen LogP contribution < -0.4 is 11.3 Å². The Hall–Kier alpha value is -3.03. The van der Waals surface area contributed by atoms with Crippen LogP contribution in [0.4, 0.5) is 10.3 Å². The molecule has 0 aliphatic carbocycles. The van der Waals surface area contributed by atoms with Gasteiger partial charge in [0, 0.05) is 0 Å². The Morgan fingerprint density at radius 3 is 2.67 bits per heavy atom. The Kier molecular flexibility index (Phi) is 2.98. The van der Waals surface area contributed by atoms with E-state index in [1.165, 1.54) is 16.7 Å². The van der Waals surface area contributed by atoms with Crippen molar-refractivity contribution in [3.8, 4) is 0 Å². The van der Waals surface area contributed by atoms with Crippen LogP contribution in [0.25, 0.3) is 11.2 Å². The third kappa shape index (κ3) is 2.27. The van der Waals surface area contributed by atoms with Crippen molar-refractivity contribution in [3.05, 3.63) is 51.8 Å². The maximum absolute atomic E-state index is 12.9. The highest BCUT2D eigenvalue weighted by atomic mass is 19.1. The van der Waals surface area contributed by atoms with E-state index in [9.17, 15) is 14.0 Å².